The van der Waals surface area contributed by atoms with Crippen molar-refractivity contribution in [1.82, 2.24) is 4.90 Å². The Bertz CT molecular complexity index is 943. The van der Waals surface area contributed by atoms with Crippen LogP contribution in [-0.2, 0) is 11.2 Å². The highest BCUT2D eigenvalue weighted by molar-refractivity contribution is 6.30. The number of benzene rings is 2. The molecule has 0 bridgehead atoms. The summed E-state index contributed by atoms with van der Waals surface area (Å²) in [4.78, 5) is 27.4. The van der Waals surface area contributed by atoms with Crippen LogP contribution in [0, 0.1) is 13.8 Å². The number of hydrogen-bond donors (Lipinski definition) is 0. The molecule has 0 N–H and O–H groups in total. The van der Waals surface area contributed by atoms with Crippen LogP contribution in [0.15, 0.2) is 36.4 Å². The molecule has 2 aromatic carbocycles. The summed E-state index contributed by atoms with van der Waals surface area (Å²) in [5.41, 5.74) is 3.43. The summed E-state index contributed by atoms with van der Waals surface area (Å²) < 4.78 is 6.41. The highest BCUT2D eigenvalue weighted by Gasteiger charge is 2.44. The lowest BCUT2D eigenvalue weighted by molar-refractivity contribution is -0.134. The number of aryl methyl sites for hydroxylation is 3. The van der Waals surface area contributed by atoms with Gasteiger partial charge in [0, 0.05) is 37.4 Å². The van der Waals surface area contributed by atoms with Gasteiger partial charge < -0.3 is 9.64 Å². The van der Waals surface area contributed by atoms with Gasteiger partial charge in [-0.3, -0.25) is 9.59 Å². The van der Waals surface area contributed by atoms with Crippen LogP contribution < -0.4 is 4.74 Å². The lowest BCUT2D eigenvalue weighted by atomic mass is 9.81. The van der Waals surface area contributed by atoms with E-state index in [2.05, 4.69) is 6.07 Å². The fraction of sp³-hybridized carbons (Fsp3) is 0.417. The Morgan fingerprint density at radius 1 is 1.14 bits per heavy atom. The normalized spacial score (nSPS) is 17.8. The zero-order valence-electron chi connectivity index (χ0n) is 17.0. The molecule has 4 nitrogen and oxygen atoms in total. The van der Waals surface area contributed by atoms with Gasteiger partial charge in [-0.25, -0.2) is 0 Å². The molecule has 0 aliphatic carbocycles. The van der Waals surface area contributed by atoms with E-state index in [-0.39, 0.29) is 11.7 Å². The van der Waals surface area contributed by atoms with Gasteiger partial charge in [-0.2, -0.15) is 0 Å². The highest BCUT2D eigenvalue weighted by atomic mass is 35.5. The van der Waals surface area contributed by atoms with Crippen molar-refractivity contribution in [2.45, 2.75) is 51.6 Å². The van der Waals surface area contributed by atoms with Crippen LogP contribution in [0.5, 0.6) is 5.75 Å². The van der Waals surface area contributed by atoms with Crippen molar-refractivity contribution in [3.63, 3.8) is 0 Å². The molecule has 2 heterocycles. The lowest BCUT2D eigenvalue weighted by Gasteiger charge is -2.44. The summed E-state index contributed by atoms with van der Waals surface area (Å²) >= 11 is 5.92. The van der Waals surface area contributed by atoms with Crippen LogP contribution in [0.3, 0.4) is 0 Å². The molecule has 1 spiro atoms. The molecule has 29 heavy (non-hydrogen) atoms. The van der Waals surface area contributed by atoms with Gasteiger partial charge in [0.2, 0.25) is 5.91 Å². The zero-order valence-corrected chi connectivity index (χ0v) is 17.7. The topological polar surface area (TPSA) is 46.6 Å². The molecule has 2 aliphatic rings. The maximum Gasteiger partial charge on any atom is 0.222 e. The second-order valence-electron chi connectivity index (χ2n) is 8.35. The first-order valence-electron chi connectivity index (χ1n) is 10.2. The summed E-state index contributed by atoms with van der Waals surface area (Å²) in [7, 11) is 0. The van der Waals surface area contributed by atoms with E-state index in [1.54, 1.807) is 0 Å². The highest BCUT2D eigenvalue weighted by Crippen LogP contribution is 2.41. The molecule has 0 saturated carbocycles. The van der Waals surface area contributed by atoms with Crippen LogP contribution in [0.4, 0.5) is 0 Å². The second-order valence-corrected chi connectivity index (χ2v) is 8.79. The van der Waals surface area contributed by atoms with E-state index in [9.17, 15) is 9.59 Å². The maximum atomic E-state index is 12.8. The minimum Gasteiger partial charge on any atom is -0.486 e. The third-order valence-corrected chi connectivity index (χ3v) is 6.34. The van der Waals surface area contributed by atoms with Crippen molar-refractivity contribution < 1.29 is 14.3 Å². The number of ketones is 1. The third kappa shape index (κ3) is 4.18. The van der Waals surface area contributed by atoms with Gasteiger partial charge >= 0.3 is 0 Å². The van der Waals surface area contributed by atoms with Crippen molar-refractivity contribution in [3.8, 4) is 5.75 Å². The molecular weight excluding hydrogens is 386 g/mol. The third-order valence-electron chi connectivity index (χ3n) is 6.09. The standard InChI is InChI=1S/C24H26ClNO3/c1-16-13-17(2)23-20(14-16)21(27)15-24(29-23)9-11-26(12-10-24)22(28)8-5-18-3-6-19(25)7-4-18/h3-4,6-7,13-14H,5,8-12,15H2,1-2H3. The van der Waals surface area contributed by atoms with Crippen molar-refractivity contribution in [3.05, 3.63) is 63.7 Å². The molecule has 2 aliphatic heterocycles. The van der Waals surface area contributed by atoms with E-state index >= 15 is 0 Å². The molecule has 0 atom stereocenters. The number of amides is 1. The fourth-order valence-electron chi connectivity index (χ4n) is 4.44. The maximum absolute atomic E-state index is 12.8. The fourth-order valence-corrected chi connectivity index (χ4v) is 4.57. The number of hydrogen-bond acceptors (Lipinski definition) is 3. The number of carbonyl (C=O) groups excluding carboxylic acids is 2. The summed E-state index contributed by atoms with van der Waals surface area (Å²) in [5, 5.41) is 0.704. The average Bonchev–Trinajstić information content (AvgIpc) is 2.69. The first-order chi connectivity index (χ1) is 13.8. The molecule has 1 fully saturated rings. The minimum absolute atomic E-state index is 0.153. The summed E-state index contributed by atoms with van der Waals surface area (Å²) in [6.45, 7) is 5.26. The molecule has 0 unspecified atom stereocenters. The molecular formula is C24H26ClNO3. The SMILES string of the molecule is Cc1cc(C)c2c(c1)C(=O)CC1(CCN(C(=O)CCc3ccc(Cl)cc3)CC1)O2. The number of halogens is 1. The Labute approximate surface area is 176 Å². The minimum atomic E-state index is -0.475. The first-order valence-corrected chi connectivity index (χ1v) is 10.6. The Hall–Kier alpha value is -2.33. The van der Waals surface area contributed by atoms with Crippen LogP contribution in [0.25, 0.3) is 0 Å². The van der Waals surface area contributed by atoms with Crippen LogP contribution >= 0.6 is 11.6 Å². The largest absolute Gasteiger partial charge is 0.486 e. The summed E-state index contributed by atoms with van der Waals surface area (Å²) in [5.74, 6) is 1.04. The Morgan fingerprint density at radius 2 is 1.83 bits per heavy atom. The zero-order chi connectivity index (χ0) is 20.6. The molecule has 5 heteroatoms. The van der Waals surface area contributed by atoms with E-state index in [0.717, 1.165) is 22.4 Å². The van der Waals surface area contributed by atoms with E-state index in [1.807, 2.05) is 49.1 Å². The van der Waals surface area contributed by atoms with Crippen molar-refractivity contribution >= 4 is 23.3 Å². The molecule has 0 radical (unpaired) electrons. The number of nitrogens with zero attached hydrogens (tertiary/aromatic N) is 1. The van der Waals surface area contributed by atoms with Gasteiger partial charge in [0.1, 0.15) is 11.4 Å². The van der Waals surface area contributed by atoms with Gasteiger partial charge in [-0.15, -0.1) is 0 Å². The van der Waals surface area contributed by atoms with E-state index in [4.69, 9.17) is 16.3 Å². The number of piperidine rings is 1. The number of Topliss-reactive ketones (excluding diaryl/α,β-unsaturated/α-hetero) is 1. The Balaban J connectivity index is 1.38. The van der Waals surface area contributed by atoms with Crippen molar-refractivity contribution in [2.75, 3.05) is 13.1 Å². The summed E-state index contributed by atoms with van der Waals surface area (Å²) in [6, 6.07) is 11.6. The average molecular weight is 412 g/mol. The van der Waals surface area contributed by atoms with Gasteiger partial charge in [0.25, 0.3) is 0 Å². The second kappa shape index (κ2) is 7.83. The number of carbonyl (C=O) groups is 2. The molecule has 2 aromatic rings. The van der Waals surface area contributed by atoms with Crippen molar-refractivity contribution in [2.24, 2.45) is 0 Å². The molecule has 1 saturated heterocycles. The molecule has 0 aromatic heterocycles. The number of rotatable bonds is 3. The van der Waals surface area contributed by atoms with Crippen LogP contribution in [0.2, 0.25) is 5.02 Å². The number of likely N-dealkylation sites (tertiary alicyclic amines) is 1. The van der Waals surface area contributed by atoms with E-state index in [0.29, 0.717) is 55.8 Å². The van der Waals surface area contributed by atoms with Gasteiger partial charge in [0.05, 0.1) is 12.0 Å². The summed E-state index contributed by atoms with van der Waals surface area (Å²) in [6.07, 6.45) is 2.97. The molecule has 1 amide bonds. The number of ether oxygens (including phenoxy) is 1. The van der Waals surface area contributed by atoms with Crippen LogP contribution in [-0.4, -0.2) is 35.3 Å². The smallest absolute Gasteiger partial charge is 0.222 e. The van der Waals surface area contributed by atoms with E-state index in [1.165, 1.54) is 0 Å². The van der Waals surface area contributed by atoms with Crippen molar-refractivity contribution in [1.29, 1.82) is 0 Å². The predicted octanol–water partition coefficient (Wildman–Crippen LogP) is 4.92. The lowest BCUT2D eigenvalue weighted by Crippen LogP contribution is -2.52. The van der Waals surface area contributed by atoms with Crippen LogP contribution in [0.1, 0.15) is 52.7 Å². The Morgan fingerprint density at radius 3 is 2.52 bits per heavy atom. The number of fused-ring (bicyclic) bond motifs is 1. The quantitative estimate of drug-likeness (QED) is 0.720. The first kappa shape index (κ1) is 20.0. The van der Waals surface area contributed by atoms with Gasteiger partial charge in [-0.05, 0) is 55.2 Å². The monoisotopic (exact) mass is 411 g/mol. The van der Waals surface area contributed by atoms with E-state index < -0.39 is 5.60 Å². The predicted molar refractivity (Wildman–Crippen MR) is 114 cm³/mol. The van der Waals surface area contributed by atoms with Gasteiger partial charge in [-0.1, -0.05) is 29.8 Å². The molecule has 152 valence electrons. The molecule has 4 rings (SSSR count). The Kier molecular flexibility index (Phi) is 5.39. The van der Waals surface area contributed by atoms with Gasteiger partial charge in [0.15, 0.2) is 5.78 Å².